The van der Waals surface area contributed by atoms with Crippen LogP contribution in [-0.4, -0.2) is 44.3 Å². The molecule has 0 fully saturated rings. The van der Waals surface area contributed by atoms with Gasteiger partial charge in [-0.2, -0.15) is 13.2 Å². The molecule has 0 saturated heterocycles. The summed E-state index contributed by atoms with van der Waals surface area (Å²) in [6, 6.07) is -0.0935. The van der Waals surface area contributed by atoms with Crippen LogP contribution in [0, 0.1) is 0 Å². The molecule has 0 heterocycles. The van der Waals surface area contributed by atoms with Gasteiger partial charge in [0, 0.05) is 6.04 Å². The van der Waals surface area contributed by atoms with Gasteiger partial charge in [-0.05, 0) is 34.0 Å². The first kappa shape index (κ1) is 12.7. The van der Waals surface area contributed by atoms with Crippen molar-refractivity contribution in [2.24, 2.45) is 0 Å². The molecule has 0 aromatic rings. The van der Waals surface area contributed by atoms with Crippen LogP contribution in [0.5, 0.6) is 0 Å². The van der Waals surface area contributed by atoms with Crippen LogP contribution in [0.2, 0.25) is 0 Å². The Labute approximate surface area is 77.1 Å². The van der Waals surface area contributed by atoms with E-state index in [0.717, 1.165) is 13.0 Å². The van der Waals surface area contributed by atoms with Crippen LogP contribution in [0.25, 0.3) is 0 Å². The summed E-state index contributed by atoms with van der Waals surface area (Å²) < 4.78 is 35.2. The molecule has 0 aliphatic carbocycles. The van der Waals surface area contributed by atoms with Crippen molar-refractivity contribution < 1.29 is 13.2 Å². The lowest BCUT2D eigenvalue weighted by Gasteiger charge is -2.17. The fourth-order valence-electron chi connectivity index (χ4n) is 0.844. The highest BCUT2D eigenvalue weighted by molar-refractivity contribution is 4.65. The molecular formula is C8H17F3N2. The first-order valence-corrected chi connectivity index (χ1v) is 4.26. The minimum atomic E-state index is -4.10. The van der Waals surface area contributed by atoms with Crippen molar-refractivity contribution in [1.82, 2.24) is 10.2 Å². The van der Waals surface area contributed by atoms with Crippen LogP contribution < -0.4 is 5.32 Å². The van der Waals surface area contributed by atoms with Gasteiger partial charge in [-0.25, -0.2) is 0 Å². The minimum absolute atomic E-state index is 0.0935. The SMILES string of the molecule is CC(CCN(C)C)NCC(F)(F)F. The Kier molecular flexibility index (Phi) is 5.32. The second-order valence-electron chi connectivity index (χ2n) is 3.49. The maximum Gasteiger partial charge on any atom is 0.401 e. The van der Waals surface area contributed by atoms with E-state index in [4.69, 9.17) is 0 Å². The molecule has 0 radical (unpaired) electrons. The Bertz CT molecular complexity index is 134. The largest absolute Gasteiger partial charge is 0.401 e. The zero-order valence-electron chi connectivity index (χ0n) is 8.28. The van der Waals surface area contributed by atoms with Crippen LogP contribution in [0.15, 0.2) is 0 Å². The van der Waals surface area contributed by atoms with Gasteiger partial charge in [-0.3, -0.25) is 0 Å². The highest BCUT2D eigenvalue weighted by Gasteiger charge is 2.27. The molecule has 0 rings (SSSR count). The van der Waals surface area contributed by atoms with Gasteiger partial charge in [0.2, 0.25) is 0 Å². The molecule has 0 aromatic carbocycles. The number of nitrogens with zero attached hydrogens (tertiary/aromatic N) is 1. The number of alkyl halides is 3. The Hall–Kier alpha value is -0.290. The van der Waals surface area contributed by atoms with Crippen molar-refractivity contribution in [2.75, 3.05) is 27.2 Å². The Morgan fingerprint density at radius 2 is 1.85 bits per heavy atom. The van der Waals surface area contributed by atoms with Crippen molar-refractivity contribution in [2.45, 2.75) is 25.6 Å². The van der Waals surface area contributed by atoms with Gasteiger partial charge in [-0.1, -0.05) is 0 Å². The molecule has 0 bridgehead atoms. The zero-order chi connectivity index (χ0) is 10.5. The molecule has 1 atom stereocenters. The van der Waals surface area contributed by atoms with E-state index in [1.165, 1.54) is 0 Å². The molecule has 0 aliphatic rings. The van der Waals surface area contributed by atoms with E-state index in [0.29, 0.717) is 0 Å². The molecule has 1 unspecified atom stereocenters. The highest BCUT2D eigenvalue weighted by atomic mass is 19.4. The zero-order valence-corrected chi connectivity index (χ0v) is 8.28. The smallest absolute Gasteiger partial charge is 0.309 e. The lowest BCUT2D eigenvalue weighted by molar-refractivity contribution is -0.126. The summed E-state index contributed by atoms with van der Waals surface area (Å²) in [7, 11) is 3.80. The third kappa shape index (κ3) is 9.63. The molecule has 0 saturated carbocycles. The normalized spacial score (nSPS) is 15.0. The van der Waals surface area contributed by atoms with E-state index in [9.17, 15) is 13.2 Å². The van der Waals surface area contributed by atoms with Gasteiger partial charge in [0.15, 0.2) is 0 Å². The summed E-state index contributed by atoms with van der Waals surface area (Å²) in [4.78, 5) is 1.95. The monoisotopic (exact) mass is 198 g/mol. The number of rotatable bonds is 5. The maximum atomic E-state index is 11.7. The second kappa shape index (κ2) is 5.44. The van der Waals surface area contributed by atoms with E-state index < -0.39 is 12.7 Å². The summed E-state index contributed by atoms with van der Waals surface area (Å²) in [5.41, 5.74) is 0. The fraction of sp³-hybridized carbons (Fsp3) is 1.00. The summed E-state index contributed by atoms with van der Waals surface area (Å²) in [6.07, 6.45) is -3.38. The van der Waals surface area contributed by atoms with Crippen LogP contribution in [0.4, 0.5) is 13.2 Å². The molecule has 13 heavy (non-hydrogen) atoms. The van der Waals surface area contributed by atoms with E-state index in [2.05, 4.69) is 5.32 Å². The maximum absolute atomic E-state index is 11.7. The van der Waals surface area contributed by atoms with Crippen molar-refractivity contribution in [3.8, 4) is 0 Å². The Balaban J connectivity index is 3.46. The molecule has 0 spiro atoms. The van der Waals surface area contributed by atoms with Gasteiger partial charge < -0.3 is 10.2 Å². The predicted octanol–water partition coefficient (Wildman–Crippen LogP) is 1.48. The van der Waals surface area contributed by atoms with Crippen molar-refractivity contribution >= 4 is 0 Å². The lowest BCUT2D eigenvalue weighted by atomic mass is 10.2. The van der Waals surface area contributed by atoms with Gasteiger partial charge in [0.05, 0.1) is 6.54 Å². The van der Waals surface area contributed by atoms with Gasteiger partial charge in [-0.15, -0.1) is 0 Å². The predicted molar refractivity (Wildman–Crippen MR) is 46.7 cm³/mol. The second-order valence-corrected chi connectivity index (χ2v) is 3.49. The molecule has 0 amide bonds. The van der Waals surface area contributed by atoms with E-state index in [-0.39, 0.29) is 6.04 Å². The first-order valence-electron chi connectivity index (χ1n) is 4.26. The average molecular weight is 198 g/mol. The Morgan fingerprint density at radius 3 is 2.23 bits per heavy atom. The number of nitrogens with one attached hydrogen (secondary N) is 1. The van der Waals surface area contributed by atoms with Crippen LogP contribution in [0.1, 0.15) is 13.3 Å². The first-order chi connectivity index (χ1) is 5.81. The molecule has 2 nitrogen and oxygen atoms in total. The van der Waals surface area contributed by atoms with Crippen molar-refractivity contribution in [3.05, 3.63) is 0 Å². The standard InChI is InChI=1S/C8H17F3N2/c1-7(4-5-13(2)3)12-6-8(9,10)11/h7,12H,4-6H2,1-3H3. The number of halogens is 3. The topological polar surface area (TPSA) is 15.3 Å². The number of hydrogen-bond acceptors (Lipinski definition) is 2. The Morgan fingerprint density at radius 1 is 1.31 bits per heavy atom. The third-order valence-electron chi connectivity index (χ3n) is 1.66. The molecule has 80 valence electrons. The highest BCUT2D eigenvalue weighted by Crippen LogP contribution is 2.12. The summed E-state index contributed by atoms with van der Waals surface area (Å²) in [5.74, 6) is 0. The van der Waals surface area contributed by atoms with E-state index in [1.807, 2.05) is 19.0 Å². The quantitative estimate of drug-likeness (QED) is 0.719. The fourth-order valence-corrected chi connectivity index (χ4v) is 0.844. The van der Waals surface area contributed by atoms with Crippen LogP contribution in [-0.2, 0) is 0 Å². The average Bonchev–Trinajstić information content (AvgIpc) is 1.95. The summed E-state index contributed by atoms with van der Waals surface area (Å²) in [5, 5.41) is 2.43. The van der Waals surface area contributed by atoms with Crippen molar-refractivity contribution in [3.63, 3.8) is 0 Å². The van der Waals surface area contributed by atoms with Gasteiger partial charge >= 0.3 is 6.18 Å². The molecule has 0 aliphatic heterocycles. The van der Waals surface area contributed by atoms with Crippen LogP contribution >= 0.6 is 0 Å². The molecular weight excluding hydrogens is 181 g/mol. The van der Waals surface area contributed by atoms with E-state index >= 15 is 0 Å². The van der Waals surface area contributed by atoms with Gasteiger partial charge in [0.1, 0.15) is 0 Å². The third-order valence-corrected chi connectivity index (χ3v) is 1.66. The van der Waals surface area contributed by atoms with Gasteiger partial charge in [0.25, 0.3) is 0 Å². The lowest BCUT2D eigenvalue weighted by Crippen LogP contribution is -2.36. The van der Waals surface area contributed by atoms with Crippen molar-refractivity contribution in [1.29, 1.82) is 0 Å². The van der Waals surface area contributed by atoms with Crippen LogP contribution in [0.3, 0.4) is 0 Å². The van der Waals surface area contributed by atoms with E-state index in [1.54, 1.807) is 6.92 Å². The molecule has 0 aromatic heterocycles. The molecule has 5 heteroatoms. The summed E-state index contributed by atoms with van der Waals surface area (Å²) >= 11 is 0. The minimum Gasteiger partial charge on any atom is -0.309 e. The number of hydrogen-bond donors (Lipinski definition) is 1. The molecule has 1 N–H and O–H groups in total. The summed E-state index contributed by atoms with van der Waals surface area (Å²) in [6.45, 7) is 1.66.